The summed E-state index contributed by atoms with van der Waals surface area (Å²) in [5.74, 6) is -0.192. The Kier molecular flexibility index (Phi) is 2.77. The number of hydrogen-bond donors (Lipinski definition) is 2. The predicted molar refractivity (Wildman–Crippen MR) is 71.3 cm³/mol. The minimum absolute atomic E-state index is 0.164. The van der Waals surface area contributed by atoms with Crippen LogP contribution in [0.2, 0.25) is 0 Å². The Morgan fingerprint density at radius 3 is 2.95 bits per heavy atom. The van der Waals surface area contributed by atoms with Crippen LogP contribution in [0.25, 0.3) is 0 Å². The quantitative estimate of drug-likeness (QED) is 0.591. The van der Waals surface area contributed by atoms with Gasteiger partial charge in [-0.05, 0) is 51.5 Å². The van der Waals surface area contributed by atoms with E-state index in [0.29, 0.717) is 17.9 Å². The van der Waals surface area contributed by atoms with Crippen LogP contribution in [0, 0.1) is 17.3 Å². The Morgan fingerprint density at radius 1 is 1.65 bits per heavy atom. The van der Waals surface area contributed by atoms with Gasteiger partial charge in [0, 0.05) is 11.5 Å². The van der Waals surface area contributed by atoms with Crippen LogP contribution in [0.5, 0.6) is 0 Å². The number of esters is 1. The summed E-state index contributed by atoms with van der Waals surface area (Å²) in [6.45, 7) is 3.57. The van der Waals surface area contributed by atoms with Gasteiger partial charge in [0.25, 0.3) is 0 Å². The van der Waals surface area contributed by atoms with Gasteiger partial charge in [0.15, 0.2) is 0 Å². The van der Waals surface area contributed by atoms with Crippen LogP contribution >= 0.6 is 0 Å². The zero-order chi connectivity index (χ0) is 14.7. The van der Waals surface area contributed by atoms with E-state index >= 15 is 0 Å². The number of carbonyl (C=O) groups is 2. The smallest absolute Gasteiger partial charge is 0.313 e. The molecule has 20 heavy (non-hydrogen) atoms. The fourth-order valence-corrected chi connectivity index (χ4v) is 4.54. The Bertz CT molecular complexity index is 512. The first-order chi connectivity index (χ1) is 9.29. The molecule has 1 saturated heterocycles. The molecule has 1 amide bonds. The molecule has 3 aliphatic carbocycles. The molecule has 4 aliphatic rings. The molecule has 0 unspecified atom stereocenters. The zero-order valence-corrected chi connectivity index (χ0v) is 11.9. The lowest BCUT2D eigenvalue weighted by atomic mass is 9.43. The molecule has 1 heterocycles. The summed E-state index contributed by atoms with van der Waals surface area (Å²) in [5.41, 5.74) is 4.60. The summed E-state index contributed by atoms with van der Waals surface area (Å²) in [4.78, 5) is 23.4. The minimum atomic E-state index is -0.833. The monoisotopic (exact) mass is 279 g/mol. The van der Waals surface area contributed by atoms with Gasteiger partial charge < -0.3 is 15.6 Å². The summed E-state index contributed by atoms with van der Waals surface area (Å²) >= 11 is 0. The topological polar surface area (TPSA) is 89.6 Å². The second-order valence-corrected chi connectivity index (χ2v) is 6.75. The van der Waals surface area contributed by atoms with Gasteiger partial charge in [0.1, 0.15) is 5.60 Å². The number of amides is 1. The van der Waals surface area contributed by atoms with E-state index < -0.39 is 17.4 Å². The Balaban J connectivity index is 1.82. The molecule has 4 rings (SSSR count). The number of carbonyl (C=O) groups excluding carboxylic acids is 2. The van der Waals surface area contributed by atoms with Crippen molar-refractivity contribution in [3.63, 3.8) is 0 Å². The second-order valence-electron chi connectivity index (χ2n) is 6.75. The van der Waals surface area contributed by atoms with Crippen molar-refractivity contribution in [3.8, 4) is 0 Å². The largest absolute Gasteiger partial charge is 0.459 e. The minimum Gasteiger partial charge on any atom is -0.459 e. The van der Waals surface area contributed by atoms with E-state index in [9.17, 15) is 14.7 Å². The van der Waals surface area contributed by atoms with E-state index in [2.05, 4.69) is 0 Å². The van der Waals surface area contributed by atoms with E-state index in [0.717, 1.165) is 19.3 Å². The predicted octanol–water partition coefficient (Wildman–Crippen LogP) is 0.901. The number of primary amides is 1. The lowest BCUT2D eigenvalue weighted by molar-refractivity contribution is -0.157. The number of aliphatic hydroxyl groups is 1. The van der Waals surface area contributed by atoms with Crippen molar-refractivity contribution in [1.29, 1.82) is 0 Å². The van der Waals surface area contributed by atoms with Gasteiger partial charge in [-0.15, -0.1) is 0 Å². The first-order valence-electron chi connectivity index (χ1n) is 7.19. The average Bonchev–Trinajstić information content (AvgIpc) is 2.43. The van der Waals surface area contributed by atoms with Crippen molar-refractivity contribution in [2.45, 2.75) is 51.2 Å². The molecule has 5 nitrogen and oxygen atoms in total. The first-order valence-corrected chi connectivity index (χ1v) is 7.19. The molecule has 5 heteroatoms. The zero-order valence-electron chi connectivity index (χ0n) is 11.9. The number of nitrogens with two attached hydrogens (primary N) is 1. The van der Waals surface area contributed by atoms with E-state index in [-0.39, 0.29) is 17.5 Å². The number of aliphatic hydroxyl groups excluding tert-OH is 1. The standard InChI is InChI=1S/C15H21NO4/c1-8(12(16)18)5-10(17)7-15-9-3-4-14(2,11(15)6-9)20-13(15)19/h5,9-11,17H,3-4,6-7H2,1-2H3,(H2,16,18)/b8-5+/t9-,10+,11+,14+,15-/m0/s1. The summed E-state index contributed by atoms with van der Waals surface area (Å²) in [5, 5.41) is 10.2. The lowest BCUT2D eigenvalue weighted by Crippen LogP contribution is -2.59. The highest BCUT2D eigenvalue weighted by Gasteiger charge is 2.74. The summed E-state index contributed by atoms with van der Waals surface area (Å²) in [7, 11) is 0. The Hall–Kier alpha value is -1.36. The van der Waals surface area contributed by atoms with Gasteiger partial charge in [-0.25, -0.2) is 0 Å². The highest BCUT2D eigenvalue weighted by atomic mass is 16.6. The average molecular weight is 279 g/mol. The molecule has 4 fully saturated rings. The fraction of sp³-hybridized carbons (Fsp3) is 0.733. The molecule has 1 aliphatic heterocycles. The van der Waals surface area contributed by atoms with Gasteiger partial charge in [0.2, 0.25) is 5.91 Å². The normalized spacial score (nSPS) is 43.8. The summed E-state index contributed by atoms with van der Waals surface area (Å²) in [6, 6.07) is 0. The van der Waals surface area contributed by atoms with Gasteiger partial charge in [-0.3, -0.25) is 9.59 Å². The van der Waals surface area contributed by atoms with Gasteiger partial charge in [0.05, 0.1) is 11.5 Å². The third-order valence-corrected chi connectivity index (χ3v) is 5.68. The maximum absolute atomic E-state index is 12.3. The highest BCUT2D eigenvalue weighted by molar-refractivity contribution is 5.91. The fourth-order valence-electron chi connectivity index (χ4n) is 4.54. The molecule has 3 saturated carbocycles. The van der Waals surface area contributed by atoms with Gasteiger partial charge >= 0.3 is 5.97 Å². The van der Waals surface area contributed by atoms with Crippen LogP contribution in [0.1, 0.15) is 39.5 Å². The molecule has 3 N–H and O–H groups in total. The van der Waals surface area contributed by atoms with Crippen LogP contribution in [-0.2, 0) is 14.3 Å². The van der Waals surface area contributed by atoms with Crippen molar-refractivity contribution in [2.24, 2.45) is 23.0 Å². The third kappa shape index (κ3) is 1.59. The van der Waals surface area contributed by atoms with Crippen molar-refractivity contribution in [1.82, 2.24) is 0 Å². The van der Waals surface area contributed by atoms with Crippen molar-refractivity contribution in [2.75, 3.05) is 0 Å². The molecular formula is C15H21NO4. The van der Waals surface area contributed by atoms with Crippen LogP contribution in [-0.4, -0.2) is 28.7 Å². The summed E-state index contributed by atoms with van der Waals surface area (Å²) < 4.78 is 5.62. The second kappa shape index (κ2) is 4.07. The Labute approximate surface area is 118 Å². The molecule has 0 radical (unpaired) electrons. The first kappa shape index (κ1) is 13.6. The van der Waals surface area contributed by atoms with Crippen molar-refractivity contribution in [3.05, 3.63) is 11.6 Å². The molecule has 0 aromatic rings. The number of ether oxygens (including phenoxy) is 1. The molecule has 4 bridgehead atoms. The van der Waals surface area contributed by atoms with Crippen LogP contribution in [0.15, 0.2) is 11.6 Å². The molecule has 110 valence electrons. The lowest BCUT2D eigenvalue weighted by Gasteiger charge is -2.57. The van der Waals surface area contributed by atoms with E-state index in [4.69, 9.17) is 10.5 Å². The highest BCUT2D eigenvalue weighted by Crippen LogP contribution is 2.70. The number of rotatable bonds is 4. The third-order valence-electron chi connectivity index (χ3n) is 5.68. The molecular weight excluding hydrogens is 258 g/mol. The van der Waals surface area contributed by atoms with Crippen LogP contribution in [0.4, 0.5) is 0 Å². The molecule has 5 atom stereocenters. The molecule has 0 spiro atoms. The molecule has 0 aromatic carbocycles. The van der Waals surface area contributed by atoms with Crippen LogP contribution in [0.3, 0.4) is 0 Å². The maximum Gasteiger partial charge on any atom is 0.313 e. The van der Waals surface area contributed by atoms with Crippen LogP contribution < -0.4 is 5.73 Å². The maximum atomic E-state index is 12.3. The van der Waals surface area contributed by atoms with E-state index in [1.807, 2.05) is 6.92 Å². The summed E-state index contributed by atoms with van der Waals surface area (Å²) in [6.07, 6.45) is 3.86. The molecule has 0 aromatic heterocycles. The number of hydrogen-bond acceptors (Lipinski definition) is 4. The van der Waals surface area contributed by atoms with E-state index in [1.54, 1.807) is 6.92 Å². The SMILES string of the molecule is C/C(=C\[C@@H](O)C[C@]12C(=O)O[C@]3(C)CC[C@H]1C[C@@H]23)C(N)=O. The van der Waals surface area contributed by atoms with E-state index in [1.165, 1.54) is 6.08 Å². The number of fused-ring (bicyclic) bond motifs is 1. The van der Waals surface area contributed by atoms with Crippen molar-refractivity contribution >= 4 is 11.9 Å². The Morgan fingerprint density at radius 2 is 2.35 bits per heavy atom. The van der Waals surface area contributed by atoms with Crippen molar-refractivity contribution < 1.29 is 19.4 Å². The van der Waals surface area contributed by atoms with Gasteiger partial charge in [-0.1, -0.05) is 0 Å². The van der Waals surface area contributed by atoms with Gasteiger partial charge in [-0.2, -0.15) is 0 Å².